The number of hydrogen-bond donors (Lipinski definition) is 0. The number of nitrogens with zero attached hydrogens (tertiary/aromatic N) is 6. The van der Waals surface area contributed by atoms with Crippen molar-refractivity contribution in [2.45, 2.75) is 0 Å². The predicted molar refractivity (Wildman–Crippen MR) is 46.7 cm³/mol. The van der Waals surface area contributed by atoms with E-state index in [0.717, 1.165) is 0 Å². The van der Waals surface area contributed by atoms with Crippen molar-refractivity contribution in [1.29, 1.82) is 5.26 Å². The highest BCUT2D eigenvalue weighted by Crippen LogP contribution is 2.04. The standard InChI is InChI=1S/C7H3ClN6/c8-6-1-2-7(12-11-6)14-10-4-5(3-9)13-14/h1-2,4H. The van der Waals surface area contributed by atoms with Crippen molar-refractivity contribution in [3.05, 3.63) is 29.2 Å². The van der Waals surface area contributed by atoms with Gasteiger partial charge in [0.1, 0.15) is 6.07 Å². The molecule has 2 aromatic heterocycles. The van der Waals surface area contributed by atoms with Gasteiger partial charge in [0.2, 0.25) is 0 Å². The van der Waals surface area contributed by atoms with Gasteiger partial charge in [-0.1, -0.05) is 11.6 Å². The minimum atomic E-state index is 0.224. The third-order valence-electron chi connectivity index (χ3n) is 1.43. The molecule has 2 aromatic rings. The van der Waals surface area contributed by atoms with Crippen LogP contribution in [0.25, 0.3) is 5.82 Å². The zero-order valence-electron chi connectivity index (χ0n) is 6.79. The van der Waals surface area contributed by atoms with Crippen LogP contribution in [0.3, 0.4) is 0 Å². The lowest BCUT2D eigenvalue weighted by Gasteiger charge is -1.95. The normalized spacial score (nSPS) is 9.71. The SMILES string of the molecule is N#Cc1cnn(-c2ccc(Cl)nn2)n1. The van der Waals surface area contributed by atoms with Crippen LogP contribution in [0.1, 0.15) is 5.69 Å². The summed E-state index contributed by atoms with van der Waals surface area (Å²) in [6, 6.07) is 5.04. The van der Waals surface area contributed by atoms with Gasteiger partial charge in [0, 0.05) is 0 Å². The van der Waals surface area contributed by atoms with Crippen molar-refractivity contribution in [2.24, 2.45) is 0 Å². The fourth-order valence-electron chi connectivity index (χ4n) is 0.840. The second-order valence-electron chi connectivity index (χ2n) is 2.35. The van der Waals surface area contributed by atoms with E-state index in [-0.39, 0.29) is 5.69 Å². The summed E-state index contributed by atoms with van der Waals surface area (Å²) in [6.45, 7) is 0. The van der Waals surface area contributed by atoms with E-state index >= 15 is 0 Å². The van der Waals surface area contributed by atoms with Crippen molar-refractivity contribution in [3.63, 3.8) is 0 Å². The summed E-state index contributed by atoms with van der Waals surface area (Å²) in [5, 5.41) is 23.8. The van der Waals surface area contributed by atoms with Crippen molar-refractivity contribution < 1.29 is 0 Å². The molecular formula is C7H3ClN6. The fraction of sp³-hybridized carbons (Fsp3) is 0. The van der Waals surface area contributed by atoms with Crippen LogP contribution < -0.4 is 0 Å². The van der Waals surface area contributed by atoms with E-state index < -0.39 is 0 Å². The predicted octanol–water partition coefficient (Wildman–Crippen LogP) is 0.582. The van der Waals surface area contributed by atoms with Gasteiger partial charge in [0.05, 0.1) is 6.20 Å². The molecule has 0 unspecified atom stereocenters. The van der Waals surface area contributed by atoms with Gasteiger partial charge in [-0.25, -0.2) is 0 Å². The van der Waals surface area contributed by atoms with E-state index in [1.54, 1.807) is 12.1 Å². The molecule has 0 aliphatic carbocycles. The molecule has 7 heteroatoms. The second-order valence-corrected chi connectivity index (χ2v) is 2.73. The Morgan fingerprint density at radius 3 is 2.79 bits per heavy atom. The molecule has 0 N–H and O–H groups in total. The number of rotatable bonds is 1. The number of aromatic nitrogens is 5. The lowest BCUT2D eigenvalue weighted by molar-refractivity contribution is 0.711. The highest BCUT2D eigenvalue weighted by atomic mass is 35.5. The largest absolute Gasteiger partial charge is 0.196 e. The topological polar surface area (TPSA) is 80.3 Å². The maximum Gasteiger partial charge on any atom is 0.196 e. The molecule has 2 heterocycles. The van der Waals surface area contributed by atoms with Crippen LogP contribution in [0.4, 0.5) is 0 Å². The first-order valence-electron chi connectivity index (χ1n) is 3.61. The van der Waals surface area contributed by atoms with Crippen LogP contribution in [0, 0.1) is 11.3 Å². The van der Waals surface area contributed by atoms with Gasteiger partial charge in [-0.15, -0.1) is 20.1 Å². The summed E-state index contributed by atoms with van der Waals surface area (Å²) in [5.41, 5.74) is 0.224. The first-order valence-corrected chi connectivity index (χ1v) is 3.99. The molecular weight excluding hydrogens is 204 g/mol. The van der Waals surface area contributed by atoms with Crippen molar-refractivity contribution >= 4 is 11.6 Å². The fourth-order valence-corrected chi connectivity index (χ4v) is 0.941. The average molecular weight is 207 g/mol. The molecule has 0 bridgehead atoms. The molecule has 0 saturated carbocycles. The molecule has 0 aliphatic heterocycles. The smallest absolute Gasteiger partial charge is 0.191 e. The molecule has 0 spiro atoms. The highest BCUT2D eigenvalue weighted by molar-refractivity contribution is 6.29. The van der Waals surface area contributed by atoms with Crippen LogP contribution in [0.5, 0.6) is 0 Å². The van der Waals surface area contributed by atoms with Gasteiger partial charge < -0.3 is 0 Å². The lowest BCUT2D eigenvalue weighted by Crippen LogP contribution is -2.02. The molecule has 0 saturated heterocycles. The minimum Gasteiger partial charge on any atom is -0.191 e. The maximum atomic E-state index is 8.52. The Morgan fingerprint density at radius 2 is 2.21 bits per heavy atom. The van der Waals surface area contributed by atoms with E-state index in [1.165, 1.54) is 11.0 Å². The number of halogens is 1. The van der Waals surface area contributed by atoms with Crippen LogP contribution in [-0.2, 0) is 0 Å². The molecule has 14 heavy (non-hydrogen) atoms. The molecule has 68 valence electrons. The Balaban J connectivity index is 2.40. The van der Waals surface area contributed by atoms with Crippen LogP contribution in [-0.4, -0.2) is 25.2 Å². The molecule has 0 atom stereocenters. The van der Waals surface area contributed by atoms with Gasteiger partial charge in [-0.2, -0.15) is 10.4 Å². The summed E-state index contributed by atoms with van der Waals surface area (Å²) < 4.78 is 0. The van der Waals surface area contributed by atoms with Gasteiger partial charge in [-0.05, 0) is 12.1 Å². The van der Waals surface area contributed by atoms with Crippen molar-refractivity contribution in [1.82, 2.24) is 25.2 Å². The third kappa shape index (κ3) is 1.53. The van der Waals surface area contributed by atoms with E-state index in [1.807, 2.05) is 6.07 Å². The highest BCUT2D eigenvalue weighted by Gasteiger charge is 2.03. The molecule has 2 rings (SSSR count). The summed E-state index contributed by atoms with van der Waals surface area (Å²) in [4.78, 5) is 1.21. The first kappa shape index (κ1) is 8.59. The molecule has 0 radical (unpaired) electrons. The molecule has 0 amide bonds. The zero-order chi connectivity index (χ0) is 9.97. The molecule has 0 aromatic carbocycles. The van der Waals surface area contributed by atoms with Gasteiger partial charge >= 0.3 is 0 Å². The van der Waals surface area contributed by atoms with Gasteiger partial charge in [0.15, 0.2) is 16.7 Å². The van der Waals surface area contributed by atoms with Crippen molar-refractivity contribution in [2.75, 3.05) is 0 Å². The van der Waals surface area contributed by atoms with E-state index in [9.17, 15) is 0 Å². The Hall–Kier alpha value is -2.00. The van der Waals surface area contributed by atoms with Crippen LogP contribution in [0.15, 0.2) is 18.3 Å². The van der Waals surface area contributed by atoms with Crippen LogP contribution >= 0.6 is 11.6 Å². The maximum absolute atomic E-state index is 8.52. The molecule has 0 fully saturated rings. The molecule has 0 aliphatic rings. The third-order valence-corrected chi connectivity index (χ3v) is 1.63. The Kier molecular flexibility index (Phi) is 2.08. The van der Waals surface area contributed by atoms with Crippen LogP contribution in [0.2, 0.25) is 5.15 Å². The first-order chi connectivity index (χ1) is 6.79. The quantitative estimate of drug-likeness (QED) is 0.682. The number of nitriles is 1. The Morgan fingerprint density at radius 1 is 1.36 bits per heavy atom. The minimum absolute atomic E-state index is 0.224. The monoisotopic (exact) mass is 206 g/mol. The van der Waals surface area contributed by atoms with Crippen molar-refractivity contribution in [3.8, 4) is 11.9 Å². The van der Waals surface area contributed by atoms with Gasteiger partial charge in [0.25, 0.3) is 0 Å². The summed E-state index contributed by atoms with van der Waals surface area (Å²) in [5.74, 6) is 0.413. The van der Waals surface area contributed by atoms with E-state index in [4.69, 9.17) is 16.9 Å². The summed E-state index contributed by atoms with van der Waals surface area (Å²) >= 11 is 5.56. The average Bonchev–Trinajstić information content (AvgIpc) is 2.67. The van der Waals surface area contributed by atoms with E-state index in [2.05, 4.69) is 20.4 Å². The Bertz CT molecular complexity index is 482. The summed E-state index contributed by atoms with van der Waals surface area (Å²) in [6.07, 6.45) is 1.34. The molecule has 6 nitrogen and oxygen atoms in total. The van der Waals surface area contributed by atoms with E-state index in [0.29, 0.717) is 11.0 Å². The zero-order valence-corrected chi connectivity index (χ0v) is 7.55. The Labute approximate surface area is 83.8 Å². The second kappa shape index (κ2) is 3.40. The number of hydrogen-bond acceptors (Lipinski definition) is 5. The summed E-state index contributed by atoms with van der Waals surface area (Å²) in [7, 11) is 0. The van der Waals surface area contributed by atoms with Gasteiger partial charge in [-0.3, -0.25) is 0 Å². The lowest BCUT2D eigenvalue weighted by atomic mass is 10.5.